The topological polar surface area (TPSA) is 57.5 Å². The van der Waals surface area contributed by atoms with Crippen LogP contribution >= 0.6 is 0 Å². The lowest BCUT2D eigenvalue weighted by molar-refractivity contribution is 0.137. The Kier molecular flexibility index (Phi) is 8.11. The number of hydrogen-bond acceptors (Lipinski definition) is 1. The average Bonchev–Trinajstić information content (AvgIpc) is 2.69. The zero-order chi connectivity index (χ0) is 19.5. The van der Waals surface area contributed by atoms with Gasteiger partial charge in [0.25, 0.3) is 0 Å². The van der Waals surface area contributed by atoms with Gasteiger partial charge in [-0.2, -0.15) is 0 Å². The Morgan fingerprint density at radius 2 is 1.22 bits per heavy atom. The number of rotatable bonds is 6. The molecule has 0 radical (unpaired) electrons. The third-order valence-corrected chi connectivity index (χ3v) is 4.37. The molecule has 0 saturated heterocycles. The van der Waals surface area contributed by atoms with Crippen molar-refractivity contribution in [1.82, 2.24) is 0 Å². The molecule has 140 valence electrons. The molecule has 3 rings (SSSR count). The molecule has 0 aromatic heterocycles. The highest BCUT2D eigenvalue weighted by molar-refractivity contribution is 5.84. The minimum absolute atomic E-state index is 1.16. The van der Waals surface area contributed by atoms with E-state index in [-0.39, 0.29) is 0 Å². The van der Waals surface area contributed by atoms with Crippen LogP contribution in [0.5, 0.6) is 0 Å². The number of carbonyl (C=O) groups is 1. The van der Waals surface area contributed by atoms with Crippen LogP contribution in [0.25, 0.3) is 22.3 Å². The monoisotopic (exact) mass is 362 g/mol. The molecule has 0 heterocycles. The highest BCUT2D eigenvalue weighted by Crippen LogP contribution is 2.34. The Hall–Kier alpha value is -3.07. The van der Waals surface area contributed by atoms with Crippen molar-refractivity contribution in [2.75, 3.05) is 0 Å². The minimum Gasteiger partial charge on any atom is -0.450 e. The largest absolute Gasteiger partial charge is 0.503 e. The quantitative estimate of drug-likeness (QED) is 0.465. The molecule has 2 N–H and O–H groups in total. The van der Waals surface area contributed by atoms with Crippen molar-refractivity contribution in [3.05, 3.63) is 84.4 Å². The summed E-state index contributed by atoms with van der Waals surface area (Å²) in [6, 6.07) is 28.3. The summed E-state index contributed by atoms with van der Waals surface area (Å²) in [6.07, 6.45) is 3.16. The molecule has 0 spiro atoms. The predicted octanol–water partition coefficient (Wildman–Crippen LogP) is 6.98. The van der Waals surface area contributed by atoms with Gasteiger partial charge >= 0.3 is 6.16 Å². The van der Waals surface area contributed by atoms with E-state index in [4.69, 9.17) is 15.0 Å². The normalized spacial score (nSPS) is 9.96. The molecule has 0 aliphatic heterocycles. The fourth-order valence-electron chi connectivity index (χ4n) is 3.15. The summed E-state index contributed by atoms with van der Waals surface area (Å²) in [5.74, 6) is 0. The van der Waals surface area contributed by atoms with E-state index in [9.17, 15) is 0 Å². The van der Waals surface area contributed by atoms with E-state index in [1.165, 1.54) is 47.1 Å². The van der Waals surface area contributed by atoms with Crippen molar-refractivity contribution in [2.45, 2.75) is 32.6 Å². The van der Waals surface area contributed by atoms with Gasteiger partial charge in [-0.1, -0.05) is 98.6 Å². The van der Waals surface area contributed by atoms with Crippen molar-refractivity contribution in [3.8, 4) is 22.3 Å². The highest BCUT2D eigenvalue weighted by Gasteiger charge is 2.10. The number of aryl methyl sites for hydroxylation is 1. The third-order valence-electron chi connectivity index (χ3n) is 4.37. The second-order valence-corrected chi connectivity index (χ2v) is 6.31. The Morgan fingerprint density at radius 3 is 1.85 bits per heavy atom. The maximum atomic E-state index is 8.56. The first-order valence-corrected chi connectivity index (χ1v) is 9.28. The molecule has 3 aromatic carbocycles. The maximum Gasteiger partial charge on any atom is 0.503 e. The molecule has 3 heteroatoms. The molecule has 0 bridgehead atoms. The van der Waals surface area contributed by atoms with Gasteiger partial charge in [-0.25, -0.2) is 4.79 Å². The SMILES string of the molecule is CCCCCc1ccccc1-c1ccccc1-c1ccccc1.O=C(O)O. The lowest BCUT2D eigenvalue weighted by atomic mass is 9.90. The smallest absolute Gasteiger partial charge is 0.450 e. The van der Waals surface area contributed by atoms with Crippen LogP contribution in [0, 0.1) is 0 Å². The first-order chi connectivity index (χ1) is 13.1. The van der Waals surface area contributed by atoms with Gasteiger partial charge in [-0.3, -0.25) is 0 Å². The summed E-state index contributed by atoms with van der Waals surface area (Å²) in [7, 11) is 0. The van der Waals surface area contributed by atoms with E-state index < -0.39 is 6.16 Å². The van der Waals surface area contributed by atoms with Crippen molar-refractivity contribution in [3.63, 3.8) is 0 Å². The molecule has 0 amide bonds. The molecule has 0 aliphatic rings. The van der Waals surface area contributed by atoms with Crippen molar-refractivity contribution in [2.24, 2.45) is 0 Å². The molecule has 0 saturated carbocycles. The first kappa shape index (κ1) is 20.2. The van der Waals surface area contributed by atoms with E-state index in [1.54, 1.807) is 0 Å². The Labute approximate surface area is 160 Å². The summed E-state index contributed by atoms with van der Waals surface area (Å²) in [4.78, 5) is 8.56. The van der Waals surface area contributed by atoms with E-state index in [0.717, 1.165) is 6.42 Å². The van der Waals surface area contributed by atoms with Crippen LogP contribution in [0.15, 0.2) is 78.9 Å². The molecule has 0 atom stereocenters. The molecule has 3 nitrogen and oxygen atoms in total. The second-order valence-electron chi connectivity index (χ2n) is 6.31. The zero-order valence-electron chi connectivity index (χ0n) is 15.6. The van der Waals surface area contributed by atoms with E-state index >= 15 is 0 Å². The van der Waals surface area contributed by atoms with Gasteiger partial charge in [-0.05, 0) is 40.7 Å². The number of benzene rings is 3. The maximum absolute atomic E-state index is 8.56. The van der Waals surface area contributed by atoms with Crippen molar-refractivity contribution in [1.29, 1.82) is 0 Å². The standard InChI is InChI=1S/C23H24.CH2O3/c1-2-3-5-12-19-15-8-9-16-21(19)23-18-11-10-17-22(23)20-13-6-4-7-14-20;2-1(3)4/h4,6-11,13-18H,2-3,5,12H2,1H3;(H2,2,3,4). The third kappa shape index (κ3) is 6.30. The molecular formula is C24H26O3. The van der Waals surface area contributed by atoms with Gasteiger partial charge in [-0.15, -0.1) is 0 Å². The molecular weight excluding hydrogens is 336 g/mol. The summed E-state index contributed by atoms with van der Waals surface area (Å²) < 4.78 is 0. The number of hydrogen-bond donors (Lipinski definition) is 2. The fourth-order valence-corrected chi connectivity index (χ4v) is 3.15. The molecule has 0 aliphatic carbocycles. The average molecular weight is 362 g/mol. The van der Waals surface area contributed by atoms with Crippen molar-refractivity contribution >= 4 is 6.16 Å². The van der Waals surface area contributed by atoms with Crippen LogP contribution < -0.4 is 0 Å². The van der Waals surface area contributed by atoms with Crippen LogP contribution in [0.1, 0.15) is 31.7 Å². The number of carboxylic acid groups (broad SMARTS) is 2. The Morgan fingerprint density at radius 1 is 0.704 bits per heavy atom. The van der Waals surface area contributed by atoms with Gasteiger partial charge < -0.3 is 10.2 Å². The summed E-state index contributed by atoms with van der Waals surface area (Å²) in [6.45, 7) is 2.26. The Balaban J connectivity index is 0.000000596. The van der Waals surface area contributed by atoms with Crippen LogP contribution in [0.3, 0.4) is 0 Å². The lowest BCUT2D eigenvalue weighted by Gasteiger charge is -2.14. The lowest BCUT2D eigenvalue weighted by Crippen LogP contribution is -1.92. The summed E-state index contributed by atoms with van der Waals surface area (Å²) in [5, 5.41) is 13.9. The first-order valence-electron chi connectivity index (χ1n) is 9.28. The van der Waals surface area contributed by atoms with Gasteiger partial charge in [0.2, 0.25) is 0 Å². The Bertz CT molecular complexity index is 837. The van der Waals surface area contributed by atoms with Crippen molar-refractivity contribution < 1.29 is 15.0 Å². The van der Waals surface area contributed by atoms with Gasteiger partial charge in [0.1, 0.15) is 0 Å². The zero-order valence-corrected chi connectivity index (χ0v) is 15.6. The van der Waals surface area contributed by atoms with Gasteiger partial charge in [0.15, 0.2) is 0 Å². The van der Waals surface area contributed by atoms with Crippen LogP contribution in [0.2, 0.25) is 0 Å². The fraction of sp³-hybridized carbons (Fsp3) is 0.208. The van der Waals surface area contributed by atoms with Gasteiger partial charge in [0, 0.05) is 0 Å². The van der Waals surface area contributed by atoms with E-state index in [1.807, 2.05) is 0 Å². The van der Waals surface area contributed by atoms with E-state index in [2.05, 4.69) is 85.8 Å². The minimum atomic E-state index is -1.83. The predicted molar refractivity (Wildman–Crippen MR) is 111 cm³/mol. The van der Waals surface area contributed by atoms with Gasteiger partial charge in [0.05, 0.1) is 0 Å². The molecule has 3 aromatic rings. The van der Waals surface area contributed by atoms with Crippen LogP contribution in [0.4, 0.5) is 4.79 Å². The summed E-state index contributed by atoms with van der Waals surface area (Å²) in [5.41, 5.74) is 6.78. The number of unbranched alkanes of at least 4 members (excludes halogenated alkanes) is 2. The van der Waals surface area contributed by atoms with Crippen LogP contribution in [-0.4, -0.2) is 16.4 Å². The van der Waals surface area contributed by atoms with E-state index in [0.29, 0.717) is 0 Å². The second kappa shape index (κ2) is 10.8. The molecule has 0 unspecified atom stereocenters. The molecule has 0 fully saturated rings. The molecule has 27 heavy (non-hydrogen) atoms. The van der Waals surface area contributed by atoms with Crippen LogP contribution in [-0.2, 0) is 6.42 Å². The highest BCUT2D eigenvalue weighted by atomic mass is 16.6. The summed E-state index contributed by atoms with van der Waals surface area (Å²) >= 11 is 0.